The van der Waals surface area contributed by atoms with E-state index in [1.807, 2.05) is 0 Å². The summed E-state index contributed by atoms with van der Waals surface area (Å²) in [6.07, 6.45) is 0. The predicted molar refractivity (Wildman–Crippen MR) is 148 cm³/mol. The van der Waals surface area contributed by atoms with Crippen LogP contribution in [0.2, 0.25) is 0 Å². The van der Waals surface area contributed by atoms with Gasteiger partial charge in [0.1, 0.15) is 0 Å². The van der Waals surface area contributed by atoms with E-state index in [0.29, 0.717) is 25.9 Å². The van der Waals surface area contributed by atoms with Crippen LogP contribution in [-0.2, 0) is 28.7 Å². The molecule has 2 heterocycles. The summed E-state index contributed by atoms with van der Waals surface area (Å²) in [5.41, 5.74) is 0.0907. The van der Waals surface area contributed by atoms with Gasteiger partial charge in [-0.15, -0.1) is 0 Å². The van der Waals surface area contributed by atoms with Gasteiger partial charge in [-0.2, -0.15) is 0 Å². The van der Waals surface area contributed by atoms with Crippen LogP contribution in [0.5, 0.6) is 0 Å². The average Bonchev–Trinajstić information content (AvgIpc) is 3.31. The van der Waals surface area contributed by atoms with E-state index >= 15 is 0 Å². The topological polar surface area (TPSA) is 101 Å². The molecule has 0 aromatic heterocycles. The molecule has 0 N–H and O–H groups in total. The number of amides is 4. The first-order chi connectivity index (χ1) is 18.6. The summed E-state index contributed by atoms with van der Waals surface area (Å²) in [5.74, 6) is -7.11. The fourth-order valence-electron chi connectivity index (χ4n) is 7.55. The summed E-state index contributed by atoms with van der Waals surface area (Å²) in [6.45, 7) is 5.18. The number of nitrogens with zero attached hydrogens (tertiary/aromatic N) is 2. The third kappa shape index (κ3) is 3.24. The Morgan fingerprint density at radius 2 is 1.23 bits per heavy atom. The summed E-state index contributed by atoms with van der Waals surface area (Å²) in [4.78, 5) is 72.3. The minimum Gasteiger partial charge on any atom is -0.463 e. The Hall–Kier alpha value is -3.11. The lowest BCUT2D eigenvalue weighted by Gasteiger charge is -2.55. The van der Waals surface area contributed by atoms with E-state index in [9.17, 15) is 24.0 Å². The number of para-hydroxylation sites is 2. The fourth-order valence-corrected chi connectivity index (χ4v) is 8.47. The van der Waals surface area contributed by atoms with Crippen molar-refractivity contribution in [2.45, 2.75) is 20.8 Å². The standard InChI is InChI=1S/C29H24Br2N2O6/c1-4-39-28(38)21-13(2)18-19-22(26(36)32(24(19)34)16-11-7-5-9-14(16)30)29(21,3)23-20(18)25(35)33(27(23)37)17-12-8-6-10-15(17)31/h5-12,18-20,22-23H,4H2,1-3H3/t18?,19-,20-,22+,23+,29?/m0/s1. The minimum absolute atomic E-state index is 0.102. The van der Waals surface area contributed by atoms with E-state index in [1.54, 1.807) is 69.3 Å². The molecule has 5 aliphatic rings. The Bertz CT molecular complexity index is 1440. The second kappa shape index (κ2) is 8.96. The molecule has 8 nitrogen and oxygen atoms in total. The maximum absolute atomic E-state index is 14.2. The van der Waals surface area contributed by atoms with Crippen molar-refractivity contribution in [2.75, 3.05) is 16.4 Å². The number of hydrogen-bond acceptors (Lipinski definition) is 6. The molecule has 10 heteroatoms. The molecule has 2 saturated heterocycles. The fraction of sp³-hybridized carbons (Fsp3) is 0.345. The summed E-state index contributed by atoms with van der Waals surface area (Å²) in [5, 5.41) is 0. The molecule has 2 bridgehead atoms. The predicted octanol–water partition coefficient (Wildman–Crippen LogP) is 4.65. The van der Waals surface area contributed by atoms with Gasteiger partial charge < -0.3 is 4.74 Å². The van der Waals surface area contributed by atoms with Crippen LogP contribution in [0.25, 0.3) is 0 Å². The maximum Gasteiger partial charge on any atom is 0.334 e. The van der Waals surface area contributed by atoms with Crippen molar-refractivity contribution in [3.8, 4) is 0 Å². The number of rotatable bonds is 4. The van der Waals surface area contributed by atoms with Gasteiger partial charge in [0.25, 0.3) is 0 Å². The van der Waals surface area contributed by atoms with E-state index in [2.05, 4.69) is 31.9 Å². The highest BCUT2D eigenvalue weighted by molar-refractivity contribution is 9.11. The molecule has 39 heavy (non-hydrogen) atoms. The normalized spacial score (nSPS) is 31.3. The molecule has 200 valence electrons. The third-order valence-corrected chi connectivity index (χ3v) is 10.2. The number of anilines is 2. The highest BCUT2D eigenvalue weighted by Gasteiger charge is 2.77. The van der Waals surface area contributed by atoms with Crippen molar-refractivity contribution < 1.29 is 28.7 Å². The van der Waals surface area contributed by atoms with Gasteiger partial charge in [-0.3, -0.25) is 19.2 Å². The summed E-state index contributed by atoms with van der Waals surface area (Å²) in [6, 6.07) is 13.8. The van der Waals surface area contributed by atoms with Crippen LogP contribution in [0.15, 0.2) is 68.6 Å². The number of carbonyl (C=O) groups is 5. The van der Waals surface area contributed by atoms with Crippen molar-refractivity contribution in [1.29, 1.82) is 0 Å². The van der Waals surface area contributed by atoms with Gasteiger partial charge in [0, 0.05) is 25.9 Å². The van der Waals surface area contributed by atoms with Crippen molar-refractivity contribution in [1.82, 2.24) is 0 Å². The molecule has 1 saturated carbocycles. The van der Waals surface area contributed by atoms with Crippen LogP contribution >= 0.6 is 31.9 Å². The van der Waals surface area contributed by atoms with Gasteiger partial charge in [0.2, 0.25) is 23.6 Å². The Kier molecular flexibility index (Phi) is 6.00. The van der Waals surface area contributed by atoms with E-state index in [4.69, 9.17) is 4.74 Å². The molecule has 4 atom stereocenters. The molecule has 2 aliphatic heterocycles. The molecule has 3 fully saturated rings. The first-order valence-electron chi connectivity index (χ1n) is 12.7. The Labute approximate surface area is 241 Å². The van der Waals surface area contributed by atoms with Crippen molar-refractivity contribution in [3.63, 3.8) is 0 Å². The Morgan fingerprint density at radius 3 is 1.64 bits per heavy atom. The van der Waals surface area contributed by atoms with E-state index < -0.39 is 64.6 Å². The molecular formula is C29H24Br2N2O6. The minimum atomic E-state index is -1.44. The van der Waals surface area contributed by atoms with Gasteiger partial charge in [-0.25, -0.2) is 14.6 Å². The number of hydrogen-bond donors (Lipinski definition) is 0. The van der Waals surface area contributed by atoms with E-state index in [-0.39, 0.29) is 12.2 Å². The second-order valence-corrected chi connectivity index (χ2v) is 12.2. The van der Waals surface area contributed by atoms with Gasteiger partial charge in [0.15, 0.2) is 0 Å². The number of benzene rings is 2. The first kappa shape index (κ1) is 26.1. The molecule has 7 rings (SSSR count). The lowest BCUT2D eigenvalue weighted by Crippen LogP contribution is -2.61. The van der Waals surface area contributed by atoms with Crippen LogP contribution in [0.1, 0.15) is 20.8 Å². The van der Waals surface area contributed by atoms with Crippen LogP contribution in [0.4, 0.5) is 11.4 Å². The van der Waals surface area contributed by atoms with E-state index in [0.717, 1.165) is 9.80 Å². The number of halogens is 2. The van der Waals surface area contributed by atoms with Gasteiger partial charge in [0.05, 0.1) is 41.7 Å². The molecule has 2 aromatic rings. The number of imide groups is 2. The zero-order valence-electron chi connectivity index (χ0n) is 21.3. The highest BCUT2D eigenvalue weighted by atomic mass is 79.9. The quantitative estimate of drug-likeness (QED) is 0.351. The number of carbonyl (C=O) groups excluding carboxylic acids is 5. The van der Waals surface area contributed by atoms with Crippen molar-refractivity contribution >= 4 is 72.8 Å². The Morgan fingerprint density at radius 1 is 0.795 bits per heavy atom. The van der Waals surface area contributed by atoms with Crippen LogP contribution in [-0.4, -0.2) is 36.2 Å². The zero-order chi connectivity index (χ0) is 28.0. The SMILES string of the molecule is CCOC(=O)C1=C(C)C2[C@@H]3C(=O)N(c4ccccc4Br)C(=O)[C@@H]3C1(C)[C@H]1C(=O)N(c3ccccc3Br)C(=O)[C@@H]21. The number of ether oxygens (including phenoxy) is 1. The molecule has 0 unspecified atom stereocenters. The van der Waals surface area contributed by atoms with Crippen LogP contribution in [0.3, 0.4) is 0 Å². The first-order valence-corrected chi connectivity index (χ1v) is 14.3. The maximum atomic E-state index is 14.2. The van der Waals surface area contributed by atoms with Gasteiger partial charge in [-0.05, 0) is 70.0 Å². The summed E-state index contributed by atoms with van der Waals surface area (Å²) >= 11 is 6.89. The van der Waals surface area contributed by atoms with Crippen molar-refractivity contribution in [2.24, 2.45) is 35.0 Å². The Balaban J connectivity index is 1.57. The van der Waals surface area contributed by atoms with E-state index in [1.165, 1.54) is 0 Å². The monoisotopic (exact) mass is 654 g/mol. The number of esters is 1. The summed E-state index contributed by atoms with van der Waals surface area (Å²) in [7, 11) is 0. The lowest BCUT2D eigenvalue weighted by molar-refractivity contribution is -0.155. The highest BCUT2D eigenvalue weighted by Crippen LogP contribution is 2.69. The van der Waals surface area contributed by atoms with Crippen LogP contribution in [0, 0.1) is 35.0 Å². The van der Waals surface area contributed by atoms with Gasteiger partial charge >= 0.3 is 5.97 Å². The molecule has 2 aromatic carbocycles. The largest absolute Gasteiger partial charge is 0.463 e. The molecule has 3 aliphatic carbocycles. The van der Waals surface area contributed by atoms with Crippen molar-refractivity contribution in [3.05, 3.63) is 68.6 Å². The lowest BCUT2D eigenvalue weighted by atomic mass is 9.43. The van der Waals surface area contributed by atoms with Gasteiger partial charge in [-0.1, -0.05) is 36.8 Å². The molecular weight excluding hydrogens is 632 g/mol. The zero-order valence-corrected chi connectivity index (χ0v) is 24.5. The van der Waals surface area contributed by atoms with Crippen LogP contribution < -0.4 is 9.80 Å². The molecule has 4 amide bonds. The third-order valence-electron chi connectivity index (χ3n) is 8.87. The number of allylic oxidation sites excluding steroid dienone is 1. The second-order valence-electron chi connectivity index (χ2n) is 10.5. The molecule has 0 radical (unpaired) electrons. The summed E-state index contributed by atoms with van der Waals surface area (Å²) < 4.78 is 6.54. The smallest absolute Gasteiger partial charge is 0.334 e. The molecule has 0 spiro atoms. The average molecular weight is 656 g/mol.